The topological polar surface area (TPSA) is 15.3 Å². The van der Waals surface area contributed by atoms with Crippen molar-refractivity contribution >= 4 is 5.69 Å². The first kappa shape index (κ1) is 14.8. The van der Waals surface area contributed by atoms with E-state index in [2.05, 4.69) is 23.2 Å². The number of nitrogens with zero attached hydrogens (tertiary/aromatic N) is 1. The Hall–Kier alpha value is -1.09. The summed E-state index contributed by atoms with van der Waals surface area (Å²) >= 11 is 0. The zero-order valence-electron chi connectivity index (χ0n) is 13.3. The van der Waals surface area contributed by atoms with Crippen molar-refractivity contribution in [2.24, 2.45) is 0 Å². The van der Waals surface area contributed by atoms with Crippen molar-refractivity contribution in [2.45, 2.75) is 64.0 Å². The SMILES string of the molecule is CCC1CNC2(CCCCC2)CN1c1cccc(F)c1C. The molecule has 21 heavy (non-hydrogen) atoms. The van der Waals surface area contributed by atoms with Crippen LogP contribution in [0.4, 0.5) is 10.1 Å². The van der Waals surface area contributed by atoms with Crippen LogP contribution < -0.4 is 10.2 Å². The molecule has 1 heterocycles. The second-order valence-corrected chi connectivity index (χ2v) is 6.80. The van der Waals surface area contributed by atoms with E-state index < -0.39 is 0 Å². The van der Waals surface area contributed by atoms with E-state index in [-0.39, 0.29) is 11.4 Å². The van der Waals surface area contributed by atoms with Gasteiger partial charge in [0, 0.05) is 35.9 Å². The van der Waals surface area contributed by atoms with Crippen LogP contribution in [0.3, 0.4) is 0 Å². The van der Waals surface area contributed by atoms with Crippen LogP contribution in [0.1, 0.15) is 51.0 Å². The number of anilines is 1. The molecular weight excluding hydrogens is 263 g/mol. The van der Waals surface area contributed by atoms with E-state index >= 15 is 0 Å². The summed E-state index contributed by atoms with van der Waals surface area (Å²) < 4.78 is 14.0. The fourth-order valence-electron chi connectivity index (χ4n) is 4.07. The summed E-state index contributed by atoms with van der Waals surface area (Å²) in [5, 5.41) is 3.83. The monoisotopic (exact) mass is 290 g/mol. The molecule has 1 unspecified atom stereocenters. The van der Waals surface area contributed by atoms with Crippen molar-refractivity contribution in [1.82, 2.24) is 5.32 Å². The van der Waals surface area contributed by atoms with E-state index in [1.54, 1.807) is 6.07 Å². The number of benzene rings is 1. The third kappa shape index (κ3) is 2.80. The number of hydrogen-bond acceptors (Lipinski definition) is 2. The zero-order valence-corrected chi connectivity index (χ0v) is 13.3. The number of halogens is 1. The number of nitrogens with one attached hydrogen (secondary N) is 1. The van der Waals surface area contributed by atoms with Gasteiger partial charge < -0.3 is 10.2 Å². The molecule has 1 aliphatic carbocycles. The van der Waals surface area contributed by atoms with Gasteiger partial charge in [-0.1, -0.05) is 32.3 Å². The number of hydrogen-bond donors (Lipinski definition) is 1. The van der Waals surface area contributed by atoms with E-state index in [9.17, 15) is 4.39 Å². The molecule has 1 spiro atoms. The van der Waals surface area contributed by atoms with Gasteiger partial charge in [0.25, 0.3) is 0 Å². The molecule has 1 saturated carbocycles. The lowest BCUT2D eigenvalue weighted by Crippen LogP contribution is -2.65. The Morgan fingerprint density at radius 2 is 2.05 bits per heavy atom. The molecule has 0 amide bonds. The van der Waals surface area contributed by atoms with Crippen LogP contribution in [-0.2, 0) is 0 Å². The summed E-state index contributed by atoms with van der Waals surface area (Å²) in [5.74, 6) is -0.0846. The molecule has 1 saturated heterocycles. The third-order valence-corrected chi connectivity index (χ3v) is 5.46. The molecule has 0 radical (unpaired) electrons. The standard InChI is InChI=1S/C18H27FN2/c1-3-15-12-20-18(10-5-4-6-11-18)13-21(15)17-9-7-8-16(19)14(17)2/h7-9,15,20H,3-6,10-13H2,1-2H3. The summed E-state index contributed by atoms with van der Waals surface area (Å²) in [6.45, 7) is 6.18. The highest BCUT2D eigenvalue weighted by Gasteiger charge is 2.39. The molecule has 1 aromatic rings. The van der Waals surface area contributed by atoms with Crippen LogP contribution in [0.5, 0.6) is 0 Å². The Balaban J connectivity index is 1.90. The first-order valence-corrected chi connectivity index (χ1v) is 8.42. The van der Waals surface area contributed by atoms with Gasteiger partial charge in [0.15, 0.2) is 0 Å². The second kappa shape index (κ2) is 5.96. The number of rotatable bonds is 2. The average molecular weight is 290 g/mol. The van der Waals surface area contributed by atoms with Crippen LogP contribution >= 0.6 is 0 Å². The quantitative estimate of drug-likeness (QED) is 0.885. The minimum absolute atomic E-state index is 0.0846. The van der Waals surface area contributed by atoms with Crippen LogP contribution in [-0.4, -0.2) is 24.7 Å². The Bertz CT molecular complexity index is 494. The predicted molar refractivity (Wildman–Crippen MR) is 86.4 cm³/mol. The van der Waals surface area contributed by atoms with Crippen molar-refractivity contribution in [3.8, 4) is 0 Å². The highest BCUT2D eigenvalue weighted by atomic mass is 19.1. The molecule has 1 atom stereocenters. The Morgan fingerprint density at radius 1 is 1.29 bits per heavy atom. The molecular formula is C18H27FN2. The second-order valence-electron chi connectivity index (χ2n) is 6.80. The van der Waals surface area contributed by atoms with Gasteiger partial charge in [-0.25, -0.2) is 4.39 Å². The molecule has 2 nitrogen and oxygen atoms in total. The van der Waals surface area contributed by atoms with Gasteiger partial charge in [0.2, 0.25) is 0 Å². The van der Waals surface area contributed by atoms with Crippen LogP contribution in [0.2, 0.25) is 0 Å². The maximum Gasteiger partial charge on any atom is 0.128 e. The summed E-state index contributed by atoms with van der Waals surface area (Å²) in [5.41, 5.74) is 2.14. The van der Waals surface area contributed by atoms with Gasteiger partial charge >= 0.3 is 0 Å². The first-order valence-electron chi connectivity index (χ1n) is 8.42. The molecule has 3 rings (SSSR count). The Kier molecular flexibility index (Phi) is 4.21. The van der Waals surface area contributed by atoms with Gasteiger partial charge in [0.05, 0.1) is 0 Å². The average Bonchev–Trinajstić information content (AvgIpc) is 2.51. The van der Waals surface area contributed by atoms with E-state index in [0.29, 0.717) is 6.04 Å². The summed E-state index contributed by atoms with van der Waals surface area (Å²) in [6, 6.07) is 5.97. The summed E-state index contributed by atoms with van der Waals surface area (Å²) in [7, 11) is 0. The Labute approximate surface area is 127 Å². The van der Waals surface area contributed by atoms with Crippen LogP contribution in [0.15, 0.2) is 18.2 Å². The first-order chi connectivity index (χ1) is 10.2. The van der Waals surface area contributed by atoms with Gasteiger partial charge in [-0.05, 0) is 38.3 Å². The maximum absolute atomic E-state index is 14.0. The largest absolute Gasteiger partial charge is 0.365 e. The van der Waals surface area contributed by atoms with Crippen molar-refractivity contribution in [3.63, 3.8) is 0 Å². The highest BCUT2D eigenvalue weighted by molar-refractivity contribution is 5.55. The molecule has 116 valence electrons. The lowest BCUT2D eigenvalue weighted by atomic mass is 9.79. The van der Waals surface area contributed by atoms with Crippen molar-refractivity contribution in [1.29, 1.82) is 0 Å². The molecule has 3 heteroatoms. The fourth-order valence-corrected chi connectivity index (χ4v) is 4.07. The predicted octanol–water partition coefficient (Wildman–Crippen LogP) is 4.03. The highest BCUT2D eigenvalue weighted by Crippen LogP contribution is 2.35. The van der Waals surface area contributed by atoms with Crippen LogP contribution in [0.25, 0.3) is 0 Å². The smallest absolute Gasteiger partial charge is 0.128 e. The van der Waals surface area contributed by atoms with Gasteiger partial charge in [-0.3, -0.25) is 0 Å². The summed E-state index contributed by atoms with van der Waals surface area (Å²) in [6.07, 6.45) is 7.61. The zero-order chi connectivity index (χ0) is 14.9. The summed E-state index contributed by atoms with van der Waals surface area (Å²) in [4.78, 5) is 2.47. The van der Waals surface area contributed by atoms with E-state index in [0.717, 1.165) is 30.8 Å². The molecule has 0 aromatic heterocycles. The molecule has 1 aromatic carbocycles. The van der Waals surface area contributed by atoms with Gasteiger partial charge in [0.1, 0.15) is 5.82 Å². The molecule has 1 N–H and O–H groups in total. The van der Waals surface area contributed by atoms with Crippen molar-refractivity contribution in [3.05, 3.63) is 29.6 Å². The maximum atomic E-state index is 14.0. The lowest BCUT2D eigenvalue weighted by molar-refractivity contribution is 0.195. The molecule has 2 aliphatic rings. The fraction of sp³-hybridized carbons (Fsp3) is 0.667. The van der Waals surface area contributed by atoms with E-state index in [1.807, 2.05) is 13.0 Å². The molecule has 1 aliphatic heterocycles. The lowest BCUT2D eigenvalue weighted by Gasteiger charge is -2.51. The van der Waals surface area contributed by atoms with Crippen molar-refractivity contribution in [2.75, 3.05) is 18.0 Å². The molecule has 2 fully saturated rings. The van der Waals surface area contributed by atoms with Crippen LogP contribution in [0, 0.1) is 12.7 Å². The van der Waals surface area contributed by atoms with Gasteiger partial charge in [-0.2, -0.15) is 0 Å². The molecule has 0 bridgehead atoms. The van der Waals surface area contributed by atoms with Crippen molar-refractivity contribution < 1.29 is 4.39 Å². The normalized spacial score (nSPS) is 25.3. The van der Waals surface area contributed by atoms with E-state index in [4.69, 9.17) is 0 Å². The minimum atomic E-state index is -0.0846. The van der Waals surface area contributed by atoms with E-state index in [1.165, 1.54) is 32.1 Å². The Morgan fingerprint density at radius 3 is 2.76 bits per heavy atom. The number of piperazine rings is 1. The third-order valence-electron chi connectivity index (χ3n) is 5.46. The van der Waals surface area contributed by atoms with Gasteiger partial charge in [-0.15, -0.1) is 0 Å². The minimum Gasteiger partial charge on any atom is -0.365 e.